The minimum absolute atomic E-state index is 0.00948. The van der Waals surface area contributed by atoms with Crippen LogP contribution in [-0.4, -0.2) is 13.1 Å². The summed E-state index contributed by atoms with van der Waals surface area (Å²) in [7, 11) is 1.51. The first-order chi connectivity index (χ1) is 9.24. The van der Waals surface area contributed by atoms with Gasteiger partial charge in [-0.3, -0.25) is 4.79 Å². The van der Waals surface area contributed by atoms with Gasteiger partial charge in [0, 0.05) is 0 Å². The molecule has 2 aliphatic carbocycles. The van der Waals surface area contributed by atoms with Crippen LogP contribution in [0.4, 0.5) is 0 Å². The normalized spacial score (nSPS) is 36.3. The molecule has 0 bridgehead atoms. The number of methoxy groups -OCH3 is 1. The molecule has 2 fully saturated rings. The largest absolute Gasteiger partial charge is 0.469 e. The zero-order chi connectivity index (χ0) is 13.7. The molecule has 0 N–H and O–H groups in total. The summed E-state index contributed by atoms with van der Waals surface area (Å²) in [6.07, 6.45) is 14.7. The van der Waals surface area contributed by atoms with Gasteiger partial charge in [0.25, 0.3) is 0 Å². The number of rotatable bonds is 3. The second kappa shape index (κ2) is 7.12. The van der Waals surface area contributed by atoms with Crippen LogP contribution in [0.2, 0.25) is 0 Å². The quantitative estimate of drug-likeness (QED) is 0.559. The highest BCUT2D eigenvalue weighted by Crippen LogP contribution is 2.41. The molecule has 0 aromatic heterocycles. The lowest BCUT2D eigenvalue weighted by atomic mass is 9.69. The van der Waals surface area contributed by atoms with E-state index in [9.17, 15) is 4.79 Å². The summed E-state index contributed by atoms with van der Waals surface area (Å²) in [5.74, 6) is 2.80. The molecule has 0 saturated heterocycles. The molecule has 0 radical (unpaired) electrons. The SMILES string of the molecule is C/C=C/C1CCC(C2CCC(C(=O)OC)CC2)CC1. The highest BCUT2D eigenvalue weighted by Gasteiger charge is 2.32. The number of carbonyl (C=O) groups excluding carboxylic acids is 1. The van der Waals surface area contributed by atoms with Crippen LogP contribution in [0, 0.1) is 23.7 Å². The highest BCUT2D eigenvalue weighted by molar-refractivity contribution is 5.72. The van der Waals surface area contributed by atoms with Crippen LogP contribution < -0.4 is 0 Å². The maximum atomic E-state index is 11.5. The second-order valence-corrected chi connectivity index (χ2v) is 6.34. The summed E-state index contributed by atoms with van der Waals surface area (Å²) in [6, 6.07) is 0. The number of carbonyl (C=O) groups is 1. The Balaban J connectivity index is 1.75. The molecule has 0 aliphatic heterocycles. The lowest BCUT2D eigenvalue weighted by Crippen LogP contribution is -2.28. The molecule has 0 spiro atoms. The molecule has 2 saturated carbocycles. The van der Waals surface area contributed by atoms with Crippen LogP contribution in [0.5, 0.6) is 0 Å². The van der Waals surface area contributed by atoms with Gasteiger partial charge in [-0.1, -0.05) is 12.2 Å². The monoisotopic (exact) mass is 264 g/mol. The van der Waals surface area contributed by atoms with Crippen molar-refractivity contribution < 1.29 is 9.53 Å². The first-order valence-corrected chi connectivity index (χ1v) is 7.95. The van der Waals surface area contributed by atoms with E-state index in [1.54, 1.807) is 0 Å². The molecule has 0 unspecified atom stereocenters. The first kappa shape index (κ1) is 14.6. The van der Waals surface area contributed by atoms with Crippen molar-refractivity contribution >= 4 is 5.97 Å². The van der Waals surface area contributed by atoms with Gasteiger partial charge >= 0.3 is 5.97 Å². The van der Waals surface area contributed by atoms with Crippen molar-refractivity contribution in [2.24, 2.45) is 23.7 Å². The van der Waals surface area contributed by atoms with E-state index in [4.69, 9.17) is 4.74 Å². The van der Waals surface area contributed by atoms with Crippen molar-refractivity contribution in [1.29, 1.82) is 0 Å². The average Bonchev–Trinajstić information content (AvgIpc) is 2.48. The number of hydrogen-bond acceptors (Lipinski definition) is 2. The predicted molar refractivity (Wildman–Crippen MR) is 77.7 cm³/mol. The Hall–Kier alpha value is -0.790. The molecular formula is C17H28O2. The lowest BCUT2D eigenvalue weighted by Gasteiger charge is -2.36. The average molecular weight is 264 g/mol. The molecule has 0 heterocycles. The lowest BCUT2D eigenvalue weighted by molar-refractivity contribution is -0.147. The summed E-state index contributed by atoms with van der Waals surface area (Å²) in [5, 5.41) is 0. The summed E-state index contributed by atoms with van der Waals surface area (Å²) in [4.78, 5) is 11.5. The zero-order valence-corrected chi connectivity index (χ0v) is 12.4. The number of allylic oxidation sites excluding steroid dienone is 2. The number of ether oxygens (including phenoxy) is 1. The van der Waals surface area contributed by atoms with Crippen molar-refractivity contribution in [2.45, 2.75) is 58.3 Å². The fourth-order valence-corrected chi connectivity index (χ4v) is 4.07. The van der Waals surface area contributed by atoms with Crippen LogP contribution in [-0.2, 0) is 9.53 Å². The van der Waals surface area contributed by atoms with Gasteiger partial charge in [0.1, 0.15) is 0 Å². The Bertz CT molecular complexity index is 305. The zero-order valence-electron chi connectivity index (χ0n) is 12.4. The number of esters is 1. The van der Waals surface area contributed by atoms with Crippen LogP contribution in [0.3, 0.4) is 0 Å². The van der Waals surface area contributed by atoms with E-state index in [2.05, 4.69) is 19.1 Å². The van der Waals surface area contributed by atoms with Crippen LogP contribution in [0.25, 0.3) is 0 Å². The molecule has 2 nitrogen and oxygen atoms in total. The van der Waals surface area contributed by atoms with Crippen LogP contribution in [0.1, 0.15) is 58.3 Å². The van der Waals surface area contributed by atoms with Gasteiger partial charge in [-0.05, 0) is 76.0 Å². The van der Waals surface area contributed by atoms with Gasteiger partial charge in [-0.2, -0.15) is 0 Å². The topological polar surface area (TPSA) is 26.3 Å². The van der Waals surface area contributed by atoms with E-state index < -0.39 is 0 Å². The molecular weight excluding hydrogens is 236 g/mol. The second-order valence-electron chi connectivity index (χ2n) is 6.34. The van der Waals surface area contributed by atoms with Gasteiger partial charge in [-0.15, -0.1) is 0 Å². The molecule has 0 aromatic carbocycles. The fraction of sp³-hybridized carbons (Fsp3) is 0.824. The molecule has 0 amide bonds. The standard InChI is InChI=1S/C17H28O2/c1-3-4-13-5-7-14(8-6-13)15-9-11-16(12-10-15)17(18)19-2/h3-4,13-16H,5-12H2,1-2H3/b4-3+. The Morgan fingerprint density at radius 1 is 0.947 bits per heavy atom. The Kier molecular flexibility index (Phi) is 5.47. The van der Waals surface area contributed by atoms with Crippen molar-refractivity contribution in [3.05, 3.63) is 12.2 Å². The van der Waals surface area contributed by atoms with Crippen molar-refractivity contribution in [3.63, 3.8) is 0 Å². The Labute approximate surface area is 117 Å². The van der Waals surface area contributed by atoms with E-state index >= 15 is 0 Å². The third-order valence-electron chi connectivity index (χ3n) is 5.25. The first-order valence-electron chi connectivity index (χ1n) is 7.95. The van der Waals surface area contributed by atoms with E-state index in [-0.39, 0.29) is 11.9 Å². The number of hydrogen-bond donors (Lipinski definition) is 0. The van der Waals surface area contributed by atoms with E-state index in [0.717, 1.165) is 30.6 Å². The maximum Gasteiger partial charge on any atom is 0.308 e. The third-order valence-corrected chi connectivity index (χ3v) is 5.25. The highest BCUT2D eigenvalue weighted by atomic mass is 16.5. The summed E-state index contributed by atoms with van der Waals surface area (Å²) < 4.78 is 4.86. The Morgan fingerprint density at radius 2 is 1.47 bits per heavy atom. The molecule has 2 rings (SSSR count). The minimum Gasteiger partial charge on any atom is -0.469 e. The van der Waals surface area contributed by atoms with Gasteiger partial charge < -0.3 is 4.74 Å². The smallest absolute Gasteiger partial charge is 0.308 e. The van der Waals surface area contributed by atoms with Crippen LogP contribution >= 0.6 is 0 Å². The summed E-state index contributed by atoms with van der Waals surface area (Å²) in [5.41, 5.74) is 0. The molecule has 2 aliphatic rings. The molecule has 2 heteroatoms. The molecule has 108 valence electrons. The van der Waals surface area contributed by atoms with Crippen molar-refractivity contribution in [1.82, 2.24) is 0 Å². The fourth-order valence-electron chi connectivity index (χ4n) is 4.07. The maximum absolute atomic E-state index is 11.5. The van der Waals surface area contributed by atoms with Crippen molar-refractivity contribution in [3.8, 4) is 0 Å². The molecule has 0 atom stereocenters. The third kappa shape index (κ3) is 3.84. The predicted octanol–water partition coefficient (Wildman–Crippen LogP) is 4.35. The molecule has 19 heavy (non-hydrogen) atoms. The van der Waals surface area contributed by atoms with Gasteiger partial charge in [0.15, 0.2) is 0 Å². The Morgan fingerprint density at radius 3 is 1.95 bits per heavy atom. The summed E-state index contributed by atoms with van der Waals surface area (Å²) >= 11 is 0. The van der Waals surface area contributed by atoms with Gasteiger partial charge in [0.05, 0.1) is 13.0 Å². The molecule has 0 aromatic rings. The van der Waals surface area contributed by atoms with E-state index in [1.807, 2.05) is 0 Å². The van der Waals surface area contributed by atoms with Crippen molar-refractivity contribution in [2.75, 3.05) is 7.11 Å². The van der Waals surface area contributed by atoms with Gasteiger partial charge in [0.2, 0.25) is 0 Å². The van der Waals surface area contributed by atoms with E-state index in [1.165, 1.54) is 45.6 Å². The minimum atomic E-state index is 0.00948. The van der Waals surface area contributed by atoms with Crippen LogP contribution in [0.15, 0.2) is 12.2 Å². The van der Waals surface area contributed by atoms with E-state index in [0.29, 0.717) is 0 Å². The summed E-state index contributed by atoms with van der Waals surface area (Å²) in [6.45, 7) is 2.13. The van der Waals surface area contributed by atoms with Gasteiger partial charge in [-0.25, -0.2) is 0 Å².